The standard InChI is InChI=1S/C22H17FN4O3/c23-17-10-15(7-8-20(17)30-16-4-3-9-24-12-16)11-26-21(28)14-27-19-6-2-1-5-18(19)25-13-22(27)29/h1-10,12-13H,11,14H2,(H,26,28). The van der Waals surface area contributed by atoms with E-state index in [4.69, 9.17) is 4.74 Å². The Balaban J connectivity index is 1.42. The summed E-state index contributed by atoms with van der Waals surface area (Å²) in [6.45, 7) is -0.0484. The zero-order valence-corrected chi connectivity index (χ0v) is 15.8. The van der Waals surface area contributed by atoms with Gasteiger partial charge in [-0.2, -0.15) is 0 Å². The third-order valence-electron chi connectivity index (χ3n) is 4.40. The third-order valence-corrected chi connectivity index (χ3v) is 4.40. The summed E-state index contributed by atoms with van der Waals surface area (Å²) in [5.74, 6) is -0.438. The average molecular weight is 404 g/mol. The van der Waals surface area contributed by atoms with Crippen LogP contribution in [0, 0.1) is 5.82 Å². The Morgan fingerprint density at radius 2 is 1.97 bits per heavy atom. The van der Waals surface area contributed by atoms with E-state index in [1.54, 1.807) is 48.7 Å². The van der Waals surface area contributed by atoms with Gasteiger partial charge in [-0.3, -0.25) is 19.1 Å². The van der Waals surface area contributed by atoms with Crippen LogP contribution in [-0.2, 0) is 17.9 Å². The van der Waals surface area contributed by atoms with Gasteiger partial charge in [-0.1, -0.05) is 18.2 Å². The molecule has 0 saturated heterocycles. The smallest absolute Gasteiger partial charge is 0.269 e. The Labute approximate surface area is 170 Å². The van der Waals surface area contributed by atoms with Crippen molar-refractivity contribution >= 4 is 16.9 Å². The highest BCUT2D eigenvalue weighted by Crippen LogP contribution is 2.24. The van der Waals surface area contributed by atoms with Crippen LogP contribution >= 0.6 is 0 Å². The molecule has 1 N–H and O–H groups in total. The summed E-state index contributed by atoms with van der Waals surface area (Å²) in [5, 5.41) is 2.70. The Hall–Kier alpha value is -4.07. The second kappa shape index (κ2) is 8.52. The van der Waals surface area contributed by atoms with E-state index >= 15 is 0 Å². The molecule has 0 spiro atoms. The van der Waals surface area contributed by atoms with Gasteiger partial charge >= 0.3 is 0 Å². The molecule has 0 aliphatic carbocycles. The molecule has 0 radical (unpaired) electrons. The second-order valence-electron chi connectivity index (χ2n) is 6.50. The molecule has 0 aliphatic heterocycles. The molecule has 1 amide bonds. The van der Waals surface area contributed by atoms with E-state index in [2.05, 4.69) is 15.3 Å². The highest BCUT2D eigenvalue weighted by atomic mass is 19.1. The maximum Gasteiger partial charge on any atom is 0.269 e. The summed E-state index contributed by atoms with van der Waals surface area (Å²) < 4.78 is 21.1. The van der Waals surface area contributed by atoms with E-state index < -0.39 is 5.82 Å². The highest BCUT2D eigenvalue weighted by Gasteiger charge is 2.10. The van der Waals surface area contributed by atoms with Crippen LogP contribution in [-0.4, -0.2) is 20.4 Å². The molecule has 2 aromatic carbocycles. The molecule has 4 aromatic rings. The first-order valence-corrected chi connectivity index (χ1v) is 9.18. The normalized spacial score (nSPS) is 10.7. The van der Waals surface area contributed by atoms with Crippen LogP contribution in [0.15, 0.2) is 78.0 Å². The molecule has 0 fully saturated rings. The molecule has 2 heterocycles. The van der Waals surface area contributed by atoms with E-state index in [-0.39, 0.29) is 30.3 Å². The molecule has 8 heteroatoms. The molecule has 7 nitrogen and oxygen atoms in total. The Kier molecular flexibility index (Phi) is 5.47. The molecule has 150 valence electrons. The predicted molar refractivity (Wildman–Crippen MR) is 109 cm³/mol. The van der Waals surface area contributed by atoms with E-state index in [0.717, 1.165) is 0 Å². The van der Waals surface area contributed by atoms with Crippen molar-refractivity contribution < 1.29 is 13.9 Å². The Morgan fingerprint density at radius 3 is 2.77 bits per heavy atom. The number of fused-ring (bicyclic) bond motifs is 1. The molecular weight excluding hydrogens is 387 g/mol. The van der Waals surface area contributed by atoms with Gasteiger partial charge < -0.3 is 10.1 Å². The number of halogens is 1. The van der Waals surface area contributed by atoms with E-state index in [9.17, 15) is 14.0 Å². The van der Waals surface area contributed by atoms with Crippen molar-refractivity contribution in [3.05, 3.63) is 94.9 Å². The van der Waals surface area contributed by atoms with Crippen molar-refractivity contribution in [1.29, 1.82) is 0 Å². The lowest BCUT2D eigenvalue weighted by atomic mass is 10.2. The molecule has 0 atom stereocenters. The number of para-hydroxylation sites is 2. The lowest BCUT2D eigenvalue weighted by Crippen LogP contribution is -2.32. The minimum absolute atomic E-state index is 0.0629. The molecule has 2 aromatic heterocycles. The van der Waals surface area contributed by atoms with E-state index in [1.165, 1.54) is 29.1 Å². The number of pyridine rings is 1. The minimum atomic E-state index is -0.554. The Bertz CT molecular complexity index is 1260. The summed E-state index contributed by atoms with van der Waals surface area (Å²) in [5.41, 5.74) is 1.39. The van der Waals surface area contributed by atoms with E-state index in [0.29, 0.717) is 22.3 Å². The fourth-order valence-corrected chi connectivity index (χ4v) is 2.95. The number of carbonyl (C=O) groups excluding carboxylic acids is 1. The van der Waals surface area contributed by atoms with Crippen molar-refractivity contribution in [1.82, 2.24) is 19.9 Å². The zero-order valence-electron chi connectivity index (χ0n) is 15.8. The number of rotatable bonds is 6. The maximum atomic E-state index is 14.3. The molecule has 0 bridgehead atoms. The van der Waals surface area contributed by atoms with Crippen LogP contribution in [0.25, 0.3) is 11.0 Å². The van der Waals surface area contributed by atoms with Crippen molar-refractivity contribution in [2.45, 2.75) is 13.1 Å². The van der Waals surface area contributed by atoms with Gasteiger partial charge in [0.15, 0.2) is 11.6 Å². The number of hydrogen-bond donors (Lipinski definition) is 1. The van der Waals surface area contributed by atoms with Gasteiger partial charge in [-0.15, -0.1) is 0 Å². The highest BCUT2D eigenvalue weighted by molar-refractivity contribution is 5.79. The summed E-state index contributed by atoms with van der Waals surface area (Å²) >= 11 is 0. The molecular formula is C22H17FN4O3. The van der Waals surface area contributed by atoms with Gasteiger partial charge in [0.25, 0.3) is 5.56 Å². The van der Waals surface area contributed by atoms with Crippen LogP contribution in [0.4, 0.5) is 4.39 Å². The lowest BCUT2D eigenvalue weighted by molar-refractivity contribution is -0.121. The van der Waals surface area contributed by atoms with Gasteiger partial charge in [-0.05, 0) is 42.0 Å². The summed E-state index contributed by atoms with van der Waals surface area (Å²) in [4.78, 5) is 32.5. The van der Waals surface area contributed by atoms with Crippen molar-refractivity contribution in [3.8, 4) is 11.5 Å². The number of aromatic nitrogens is 3. The van der Waals surface area contributed by atoms with Crippen molar-refractivity contribution in [3.63, 3.8) is 0 Å². The van der Waals surface area contributed by atoms with Gasteiger partial charge in [0.05, 0.1) is 23.4 Å². The average Bonchev–Trinajstić information content (AvgIpc) is 2.77. The first-order valence-electron chi connectivity index (χ1n) is 9.18. The van der Waals surface area contributed by atoms with Crippen LogP contribution in [0.2, 0.25) is 0 Å². The molecule has 0 aliphatic rings. The van der Waals surface area contributed by atoms with Crippen LogP contribution in [0.5, 0.6) is 11.5 Å². The first-order chi connectivity index (χ1) is 14.6. The largest absolute Gasteiger partial charge is 0.453 e. The van der Waals surface area contributed by atoms with E-state index in [1.807, 2.05) is 0 Å². The number of nitrogens with zero attached hydrogens (tertiary/aromatic N) is 3. The number of carbonyl (C=O) groups is 1. The van der Waals surface area contributed by atoms with Gasteiger partial charge in [0.1, 0.15) is 12.3 Å². The molecule has 0 unspecified atom stereocenters. The fraction of sp³-hybridized carbons (Fsp3) is 0.0909. The summed E-state index contributed by atoms with van der Waals surface area (Å²) in [6.07, 6.45) is 4.27. The number of hydrogen-bond acceptors (Lipinski definition) is 5. The van der Waals surface area contributed by atoms with Gasteiger partial charge in [0.2, 0.25) is 5.91 Å². The van der Waals surface area contributed by atoms with Gasteiger partial charge in [0, 0.05) is 12.7 Å². The summed E-state index contributed by atoms with van der Waals surface area (Å²) in [7, 11) is 0. The van der Waals surface area contributed by atoms with Crippen LogP contribution in [0.3, 0.4) is 0 Å². The predicted octanol–water partition coefficient (Wildman–Crippen LogP) is 3.04. The Morgan fingerprint density at radius 1 is 1.10 bits per heavy atom. The van der Waals surface area contributed by atoms with Crippen LogP contribution in [0.1, 0.15) is 5.56 Å². The van der Waals surface area contributed by atoms with Gasteiger partial charge in [-0.25, -0.2) is 9.37 Å². The molecule has 4 rings (SSSR count). The molecule has 30 heavy (non-hydrogen) atoms. The third kappa shape index (κ3) is 4.33. The zero-order chi connectivity index (χ0) is 20.9. The topological polar surface area (TPSA) is 86.1 Å². The monoisotopic (exact) mass is 404 g/mol. The number of amides is 1. The van der Waals surface area contributed by atoms with Crippen molar-refractivity contribution in [2.24, 2.45) is 0 Å². The number of nitrogens with one attached hydrogen (secondary N) is 1. The fourth-order valence-electron chi connectivity index (χ4n) is 2.95. The minimum Gasteiger partial charge on any atom is -0.453 e. The SMILES string of the molecule is O=C(Cn1c(=O)cnc2ccccc21)NCc1ccc(Oc2cccnc2)c(F)c1. The quantitative estimate of drug-likeness (QED) is 0.534. The molecule has 0 saturated carbocycles. The number of ether oxygens (including phenoxy) is 1. The number of benzene rings is 2. The maximum absolute atomic E-state index is 14.3. The lowest BCUT2D eigenvalue weighted by Gasteiger charge is -2.11. The first kappa shape index (κ1) is 19.3. The van der Waals surface area contributed by atoms with Crippen LogP contribution < -0.4 is 15.6 Å². The van der Waals surface area contributed by atoms with Crippen molar-refractivity contribution in [2.75, 3.05) is 0 Å². The second-order valence-corrected chi connectivity index (χ2v) is 6.50. The summed E-state index contributed by atoms with van der Waals surface area (Å²) in [6, 6.07) is 14.9.